The van der Waals surface area contributed by atoms with E-state index >= 15 is 0 Å². The van der Waals surface area contributed by atoms with Gasteiger partial charge >= 0.3 is 0 Å². The lowest BCUT2D eigenvalue weighted by molar-refractivity contribution is 0.195. The Morgan fingerprint density at radius 2 is 2.12 bits per heavy atom. The average molecular weight is 339 g/mol. The Hall–Kier alpha value is -0.300. The van der Waals surface area contributed by atoms with Crippen molar-refractivity contribution in [3.8, 4) is 0 Å². The van der Waals surface area contributed by atoms with Crippen LogP contribution in [0.3, 0.4) is 0 Å². The molecule has 0 heterocycles. The van der Waals surface area contributed by atoms with Crippen LogP contribution in [0.1, 0.15) is 19.3 Å². The first-order valence-corrected chi connectivity index (χ1v) is 5.48. The van der Waals surface area contributed by atoms with Crippen LogP contribution >= 0.6 is 24.0 Å². The summed E-state index contributed by atoms with van der Waals surface area (Å²) in [6.45, 7) is 1.68. The maximum atomic E-state index is 4.98. The summed E-state index contributed by atoms with van der Waals surface area (Å²) in [5.74, 6) is 0.889. The largest absolute Gasteiger partial charge is 0.385 e. The minimum absolute atomic E-state index is 0. The van der Waals surface area contributed by atoms with Gasteiger partial charge in [0.2, 0.25) is 0 Å². The van der Waals surface area contributed by atoms with Crippen molar-refractivity contribution in [3.05, 3.63) is 12.2 Å². The van der Waals surface area contributed by atoms with Gasteiger partial charge in [-0.05, 0) is 19.3 Å². The van der Waals surface area contributed by atoms with Crippen molar-refractivity contribution in [1.29, 1.82) is 0 Å². The topological polar surface area (TPSA) is 45.7 Å². The van der Waals surface area contributed by atoms with Crippen LogP contribution in [-0.2, 0) is 4.74 Å². The number of guanidine groups is 1. The highest BCUT2D eigenvalue weighted by Gasteiger charge is 2.10. The standard InChI is InChI=1S/C11H21N3O.HI/c1-12-11(13-8-5-9-15-2)14-10-6-3-4-7-10;/h3-4,10H,5-9H2,1-2H3,(H2,12,13,14);1H. The monoisotopic (exact) mass is 339 g/mol. The summed E-state index contributed by atoms with van der Waals surface area (Å²) < 4.78 is 4.98. The molecule has 5 heteroatoms. The number of hydrogen-bond acceptors (Lipinski definition) is 2. The number of halogens is 1. The summed E-state index contributed by atoms with van der Waals surface area (Å²) in [6, 6.07) is 0.513. The van der Waals surface area contributed by atoms with E-state index in [-0.39, 0.29) is 24.0 Å². The summed E-state index contributed by atoms with van der Waals surface area (Å²) >= 11 is 0. The fraction of sp³-hybridized carbons (Fsp3) is 0.727. The van der Waals surface area contributed by atoms with Crippen LogP contribution in [0.15, 0.2) is 17.1 Å². The van der Waals surface area contributed by atoms with Gasteiger partial charge in [-0.1, -0.05) is 12.2 Å². The van der Waals surface area contributed by atoms with Crippen LogP contribution in [0.2, 0.25) is 0 Å². The molecule has 16 heavy (non-hydrogen) atoms. The first kappa shape index (κ1) is 15.7. The molecule has 4 nitrogen and oxygen atoms in total. The van der Waals surface area contributed by atoms with Crippen molar-refractivity contribution in [2.45, 2.75) is 25.3 Å². The molecule has 0 aromatic rings. The van der Waals surface area contributed by atoms with Gasteiger partial charge in [-0.15, -0.1) is 24.0 Å². The van der Waals surface area contributed by atoms with Gasteiger partial charge < -0.3 is 15.4 Å². The summed E-state index contributed by atoms with van der Waals surface area (Å²) in [5.41, 5.74) is 0. The molecule has 0 aromatic carbocycles. The molecule has 94 valence electrons. The maximum Gasteiger partial charge on any atom is 0.191 e. The van der Waals surface area contributed by atoms with Gasteiger partial charge in [-0.25, -0.2) is 0 Å². The van der Waals surface area contributed by atoms with Crippen molar-refractivity contribution in [2.75, 3.05) is 27.3 Å². The lowest BCUT2D eigenvalue weighted by atomic mass is 10.2. The molecule has 0 unspecified atom stereocenters. The van der Waals surface area contributed by atoms with Crippen LogP contribution in [0, 0.1) is 0 Å². The molecular formula is C11H22IN3O. The maximum absolute atomic E-state index is 4.98. The van der Waals surface area contributed by atoms with E-state index in [2.05, 4.69) is 27.8 Å². The number of ether oxygens (including phenoxy) is 1. The molecule has 0 amide bonds. The van der Waals surface area contributed by atoms with Crippen molar-refractivity contribution < 1.29 is 4.74 Å². The van der Waals surface area contributed by atoms with Crippen LogP contribution in [0.4, 0.5) is 0 Å². The highest BCUT2D eigenvalue weighted by molar-refractivity contribution is 14.0. The van der Waals surface area contributed by atoms with Gasteiger partial charge in [0.25, 0.3) is 0 Å². The summed E-state index contributed by atoms with van der Waals surface area (Å²) in [4.78, 5) is 4.18. The second-order valence-corrected chi connectivity index (χ2v) is 3.63. The van der Waals surface area contributed by atoms with Gasteiger partial charge in [0.15, 0.2) is 5.96 Å². The van der Waals surface area contributed by atoms with Crippen LogP contribution in [0.5, 0.6) is 0 Å². The fourth-order valence-corrected chi connectivity index (χ4v) is 1.55. The quantitative estimate of drug-likeness (QED) is 0.263. The zero-order valence-electron chi connectivity index (χ0n) is 10.0. The molecular weight excluding hydrogens is 317 g/mol. The minimum atomic E-state index is 0. The van der Waals surface area contributed by atoms with Gasteiger partial charge in [0.05, 0.1) is 0 Å². The number of hydrogen-bond donors (Lipinski definition) is 2. The Balaban J connectivity index is 0.00000225. The summed E-state index contributed by atoms with van der Waals surface area (Å²) in [6.07, 6.45) is 7.60. The Morgan fingerprint density at radius 1 is 1.44 bits per heavy atom. The predicted octanol–water partition coefficient (Wildman–Crippen LogP) is 1.52. The van der Waals surface area contributed by atoms with E-state index in [0.717, 1.165) is 38.4 Å². The van der Waals surface area contributed by atoms with Gasteiger partial charge in [-0.2, -0.15) is 0 Å². The van der Waals surface area contributed by atoms with Crippen molar-refractivity contribution >= 4 is 29.9 Å². The Labute approximate surface area is 115 Å². The number of methoxy groups -OCH3 is 1. The molecule has 0 atom stereocenters. The van der Waals surface area contributed by atoms with E-state index in [1.54, 1.807) is 14.2 Å². The summed E-state index contributed by atoms with van der Waals surface area (Å²) in [5, 5.41) is 6.64. The minimum Gasteiger partial charge on any atom is -0.385 e. The van der Waals surface area contributed by atoms with Crippen molar-refractivity contribution in [3.63, 3.8) is 0 Å². The van der Waals surface area contributed by atoms with E-state index < -0.39 is 0 Å². The van der Waals surface area contributed by atoms with Gasteiger partial charge in [0, 0.05) is 33.4 Å². The molecule has 1 aliphatic rings. The van der Waals surface area contributed by atoms with E-state index in [1.807, 2.05) is 0 Å². The molecule has 1 aliphatic carbocycles. The second-order valence-electron chi connectivity index (χ2n) is 3.63. The van der Waals surface area contributed by atoms with E-state index in [0.29, 0.717) is 6.04 Å². The van der Waals surface area contributed by atoms with Crippen molar-refractivity contribution in [1.82, 2.24) is 10.6 Å². The first-order chi connectivity index (χ1) is 7.36. The lowest BCUT2D eigenvalue weighted by Gasteiger charge is -2.16. The molecule has 1 rings (SSSR count). The molecule has 2 N–H and O–H groups in total. The Morgan fingerprint density at radius 3 is 2.69 bits per heavy atom. The number of nitrogens with zero attached hydrogens (tertiary/aromatic N) is 1. The SMILES string of the molecule is CN=C(NCCCOC)NC1CC=CC1.I. The zero-order valence-corrected chi connectivity index (χ0v) is 12.4. The molecule has 0 spiro atoms. The zero-order chi connectivity index (χ0) is 10.9. The van der Waals surface area contributed by atoms with E-state index in [9.17, 15) is 0 Å². The summed E-state index contributed by atoms with van der Waals surface area (Å²) in [7, 11) is 3.52. The predicted molar refractivity (Wildman–Crippen MR) is 78.6 cm³/mol. The van der Waals surface area contributed by atoms with E-state index in [1.165, 1.54) is 0 Å². The molecule has 0 radical (unpaired) electrons. The van der Waals surface area contributed by atoms with Crippen LogP contribution in [0.25, 0.3) is 0 Å². The van der Waals surface area contributed by atoms with Crippen LogP contribution in [-0.4, -0.2) is 39.3 Å². The third-order valence-corrected chi connectivity index (χ3v) is 2.39. The molecule has 0 saturated carbocycles. The van der Waals surface area contributed by atoms with Gasteiger partial charge in [-0.3, -0.25) is 4.99 Å². The molecule has 0 aliphatic heterocycles. The number of aliphatic imine (C=N–C) groups is 1. The fourth-order valence-electron chi connectivity index (χ4n) is 1.55. The van der Waals surface area contributed by atoms with Gasteiger partial charge in [0.1, 0.15) is 0 Å². The highest BCUT2D eigenvalue weighted by atomic mass is 127. The molecule has 0 aromatic heterocycles. The number of nitrogens with one attached hydrogen (secondary N) is 2. The Bertz CT molecular complexity index is 223. The first-order valence-electron chi connectivity index (χ1n) is 5.48. The molecule has 0 saturated heterocycles. The van der Waals surface area contributed by atoms with E-state index in [4.69, 9.17) is 4.74 Å². The normalized spacial score (nSPS) is 16.0. The molecule has 0 bridgehead atoms. The third kappa shape index (κ3) is 6.32. The highest BCUT2D eigenvalue weighted by Crippen LogP contribution is 2.08. The van der Waals surface area contributed by atoms with Crippen LogP contribution < -0.4 is 10.6 Å². The molecule has 0 fully saturated rings. The number of rotatable bonds is 5. The second kappa shape index (κ2) is 9.89. The third-order valence-electron chi connectivity index (χ3n) is 2.39. The van der Waals surface area contributed by atoms with Crippen molar-refractivity contribution in [2.24, 2.45) is 4.99 Å². The lowest BCUT2D eigenvalue weighted by Crippen LogP contribution is -2.42. The Kier molecular flexibility index (Phi) is 9.71. The average Bonchev–Trinajstić information content (AvgIpc) is 2.75. The smallest absolute Gasteiger partial charge is 0.191 e.